The van der Waals surface area contributed by atoms with Gasteiger partial charge >= 0.3 is 12.1 Å². The van der Waals surface area contributed by atoms with Crippen LogP contribution in [0.15, 0.2) is 59.3 Å². The SMILES string of the molecule is CCC1Nc2ncnc(N3CCc4ccccc4C3)c2N(Cc2ccc(Br)cc2)C1=O.O=C(O)C(F)(F)F. The predicted molar refractivity (Wildman–Crippen MR) is 140 cm³/mol. The number of hydrogen-bond acceptors (Lipinski definition) is 6. The molecule has 0 saturated carbocycles. The first-order chi connectivity index (χ1) is 18.1. The standard InChI is InChI=1S/C24H24BrN5O.C2HF3O2/c1-2-20-24(31)30(13-16-7-9-19(25)10-8-16)21-22(28-20)26-15-27-23(21)29-12-11-17-5-3-4-6-18(17)14-29;3-2(4,5)1(6)7/h3-10,15,20H,2,11-14H2,1H3,(H,26,27,28);(H,6,7). The van der Waals surface area contributed by atoms with Crippen LogP contribution in [0.1, 0.15) is 30.0 Å². The third kappa shape index (κ3) is 6.07. The lowest BCUT2D eigenvalue weighted by Gasteiger charge is -2.38. The van der Waals surface area contributed by atoms with Gasteiger partial charge in [0.05, 0.1) is 6.54 Å². The highest BCUT2D eigenvalue weighted by atomic mass is 79.9. The van der Waals surface area contributed by atoms with Gasteiger partial charge < -0.3 is 15.3 Å². The smallest absolute Gasteiger partial charge is 0.475 e. The Hall–Kier alpha value is -3.67. The van der Waals surface area contributed by atoms with Gasteiger partial charge in [-0.3, -0.25) is 9.69 Å². The predicted octanol–water partition coefficient (Wildman–Crippen LogP) is 5.17. The normalized spacial score (nSPS) is 16.6. The molecule has 2 aromatic carbocycles. The summed E-state index contributed by atoms with van der Waals surface area (Å²) in [4.78, 5) is 35.6. The Morgan fingerprint density at radius 3 is 2.42 bits per heavy atom. The molecule has 0 radical (unpaired) electrons. The van der Waals surface area contributed by atoms with Gasteiger partial charge in [-0.05, 0) is 41.7 Å². The van der Waals surface area contributed by atoms with Gasteiger partial charge in [0.25, 0.3) is 0 Å². The number of halogens is 4. The number of anilines is 3. The van der Waals surface area contributed by atoms with E-state index >= 15 is 0 Å². The number of aliphatic carboxylic acids is 1. The van der Waals surface area contributed by atoms with Crippen molar-refractivity contribution in [2.24, 2.45) is 0 Å². The van der Waals surface area contributed by atoms with E-state index in [0.717, 1.165) is 46.9 Å². The maximum absolute atomic E-state index is 13.4. The largest absolute Gasteiger partial charge is 0.490 e. The van der Waals surface area contributed by atoms with E-state index in [1.165, 1.54) is 11.1 Å². The second-order valence-electron chi connectivity index (χ2n) is 8.79. The lowest BCUT2D eigenvalue weighted by Crippen LogP contribution is -2.48. The average molecular weight is 592 g/mol. The minimum absolute atomic E-state index is 0.0615. The molecule has 38 heavy (non-hydrogen) atoms. The quantitative estimate of drug-likeness (QED) is 0.432. The van der Waals surface area contributed by atoms with Crippen molar-refractivity contribution < 1.29 is 27.9 Å². The number of carbonyl (C=O) groups excluding carboxylic acids is 1. The van der Waals surface area contributed by atoms with Crippen LogP contribution in [0.2, 0.25) is 0 Å². The summed E-state index contributed by atoms with van der Waals surface area (Å²) in [6.07, 6.45) is -1.83. The first kappa shape index (κ1) is 27.4. The first-order valence-electron chi connectivity index (χ1n) is 11.9. The Morgan fingerprint density at radius 1 is 1.13 bits per heavy atom. The molecule has 0 aliphatic carbocycles. The summed E-state index contributed by atoms with van der Waals surface area (Å²) in [5.74, 6) is -1.15. The molecule has 3 aromatic rings. The van der Waals surface area contributed by atoms with Gasteiger partial charge in [-0.25, -0.2) is 14.8 Å². The zero-order valence-corrected chi connectivity index (χ0v) is 22.0. The number of alkyl halides is 3. The second kappa shape index (κ2) is 11.4. The van der Waals surface area contributed by atoms with E-state index in [4.69, 9.17) is 9.90 Å². The van der Waals surface area contributed by atoms with Crippen LogP contribution in [0.25, 0.3) is 0 Å². The average Bonchev–Trinajstić information content (AvgIpc) is 2.90. The topological polar surface area (TPSA) is 98.7 Å². The second-order valence-corrected chi connectivity index (χ2v) is 9.71. The van der Waals surface area contributed by atoms with E-state index in [-0.39, 0.29) is 11.9 Å². The van der Waals surface area contributed by atoms with E-state index in [9.17, 15) is 18.0 Å². The third-order valence-electron chi connectivity index (χ3n) is 6.28. The number of carboxylic acids is 1. The zero-order chi connectivity index (χ0) is 27.4. The molecule has 2 aliphatic rings. The van der Waals surface area contributed by atoms with Crippen molar-refractivity contribution in [1.29, 1.82) is 0 Å². The van der Waals surface area contributed by atoms with E-state index in [1.807, 2.05) is 36.1 Å². The number of nitrogens with zero attached hydrogens (tertiary/aromatic N) is 4. The molecule has 8 nitrogen and oxygen atoms in total. The lowest BCUT2D eigenvalue weighted by molar-refractivity contribution is -0.192. The number of carbonyl (C=O) groups is 2. The zero-order valence-electron chi connectivity index (χ0n) is 20.4. The maximum atomic E-state index is 13.4. The highest BCUT2D eigenvalue weighted by Crippen LogP contribution is 2.40. The molecule has 0 fully saturated rings. The van der Waals surface area contributed by atoms with Gasteiger partial charge in [-0.2, -0.15) is 13.2 Å². The monoisotopic (exact) mass is 591 g/mol. The van der Waals surface area contributed by atoms with Crippen molar-refractivity contribution in [2.75, 3.05) is 21.7 Å². The fraction of sp³-hybridized carbons (Fsp3) is 0.308. The minimum Gasteiger partial charge on any atom is -0.475 e. The molecule has 2 aliphatic heterocycles. The van der Waals surface area contributed by atoms with E-state index in [1.54, 1.807) is 6.33 Å². The van der Waals surface area contributed by atoms with Crippen LogP contribution in [0.5, 0.6) is 0 Å². The van der Waals surface area contributed by atoms with Crippen LogP contribution in [0.4, 0.5) is 30.5 Å². The van der Waals surface area contributed by atoms with E-state index < -0.39 is 12.1 Å². The molecule has 3 heterocycles. The van der Waals surface area contributed by atoms with E-state index in [2.05, 4.69) is 60.4 Å². The maximum Gasteiger partial charge on any atom is 0.490 e. The summed E-state index contributed by atoms with van der Waals surface area (Å²) in [5.41, 5.74) is 4.54. The minimum atomic E-state index is -5.08. The van der Waals surface area contributed by atoms with Crippen molar-refractivity contribution in [1.82, 2.24) is 9.97 Å². The molecule has 0 spiro atoms. The number of aromatic nitrogens is 2. The molecule has 1 unspecified atom stereocenters. The van der Waals surface area contributed by atoms with Crippen LogP contribution in [-0.4, -0.2) is 45.7 Å². The number of rotatable bonds is 4. The van der Waals surface area contributed by atoms with Crippen LogP contribution in [-0.2, 0) is 29.1 Å². The molecule has 1 atom stereocenters. The molecular formula is C26H25BrF3N5O3. The fourth-order valence-electron chi connectivity index (χ4n) is 4.36. The molecule has 1 aromatic heterocycles. The lowest BCUT2D eigenvalue weighted by atomic mass is 9.99. The fourth-order valence-corrected chi connectivity index (χ4v) is 4.63. The summed E-state index contributed by atoms with van der Waals surface area (Å²) in [7, 11) is 0. The summed E-state index contributed by atoms with van der Waals surface area (Å²) < 4.78 is 32.8. The Kier molecular flexibility index (Phi) is 8.20. The molecule has 200 valence electrons. The highest BCUT2D eigenvalue weighted by molar-refractivity contribution is 9.10. The van der Waals surface area contributed by atoms with Crippen LogP contribution < -0.4 is 15.1 Å². The Labute approximate surface area is 225 Å². The van der Waals surface area contributed by atoms with Crippen molar-refractivity contribution in [2.45, 2.75) is 45.1 Å². The van der Waals surface area contributed by atoms with Crippen LogP contribution in [0, 0.1) is 0 Å². The Bertz CT molecular complexity index is 1320. The number of carboxylic acid groups (broad SMARTS) is 1. The Balaban J connectivity index is 0.000000426. The molecule has 1 amide bonds. The van der Waals surface area contributed by atoms with Gasteiger partial charge in [0.1, 0.15) is 18.1 Å². The van der Waals surface area contributed by atoms with Crippen molar-refractivity contribution in [3.63, 3.8) is 0 Å². The van der Waals surface area contributed by atoms with Gasteiger partial charge in [-0.15, -0.1) is 0 Å². The van der Waals surface area contributed by atoms with Crippen LogP contribution in [0.3, 0.4) is 0 Å². The first-order valence-corrected chi connectivity index (χ1v) is 12.7. The van der Waals surface area contributed by atoms with E-state index in [0.29, 0.717) is 13.0 Å². The number of amides is 1. The summed E-state index contributed by atoms with van der Waals surface area (Å²) in [6, 6.07) is 16.3. The molecule has 2 N–H and O–H groups in total. The van der Waals surface area contributed by atoms with Gasteiger partial charge in [0.2, 0.25) is 5.91 Å². The number of hydrogen-bond donors (Lipinski definition) is 2. The number of benzene rings is 2. The Morgan fingerprint density at radius 2 is 1.79 bits per heavy atom. The van der Waals surface area contributed by atoms with Crippen molar-refractivity contribution >= 4 is 45.1 Å². The molecule has 5 rings (SSSR count). The van der Waals surface area contributed by atoms with Gasteiger partial charge in [0, 0.05) is 17.6 Å². The molecule has 0 saturated heterocycles. The molecular weight excluding hydrogens is 567 g/mol. The highest BCUT2D eigenvalue weighted by Gasteiger charge is 2.38. The molecule has 0 bridgehead atoms. The summed E-state index contributed by atoms with van der Waals surface area (Å²) in [5, 5.41) is 10.5. The van der Waals surface area contributed by atoms with Crippen molar-refractivity contribution in [3.8, 4) is 0 Å². The van der Waals surface area contributed by atoms with Crippen LogP contribution >= 0.6 is 15.9 Å². The summed E-state index contributed by atoms with van der Waals surface area (Å²) in [6.45, 7) is 4.14. The third-order valence-corrected chi connectivity index (χ3v) is 6.81. The number of nitrogens with one attached hydrogen (secondary N) is 1. The van der Waals surface area contributed by atoms with Crippen molar-refractivity contribution in [3.05, 3.63) is 76.0 Å². The van der Waals surface area contributed by atoms with Gasteiger partial charge in [-0.1, -0.05) is 59.3 Å². The summed E-state index contributed by atoms with van der Waals surface area (Å²) >= 11 is 3.49. The van der Waals surface area contributed by atoms with Gasteiger partial charge in [0.15, 0.2) is 11.6 Å². The number of fused-ring (bicyclic) bond motifs is 2. The molecule has 12 heteroatoms.